The van der Waals surface area contributed by atoms with E-state index in [1.165, 1.54) is 0 Å². The first-order valence-corrected chi connectivity index (χ1v) is 6.99. The standard InChI is InChI=1S/C14H18N4O2/c19-13(20)4-3-11-2-1-8-17(10-11)14-12-5-6-16-18(12)9-7-15-14/h5-7,9,11H,1-4,8,10H2,(H,19,20). The molecule has 2 aromatic rings. The minimum atomic E-state index is -0.710. The number of aliphatic carboxylic acids is 1. The van der Waals surface area contributed by atoms with E-state index < -0.39 is 5.97 Å². The monoisotopic (exact) mass is 274 g/mol. The quantitative estimate of drug-likeness (QED) is 0.920. The molecule has 1 unspecified atom stereocenters. The molecule has 1 N–H and O–H groups in total. The van der Waals surface area contributed by atoms with Crippen LogP contribution in [0.25, 0.3) is 5.52 Å². The number of carboxylic acid groups (broad SMARTS) is 1. The molecular formula is C14H18N4O2. The maximum atomic E-state index is 10.7. The molecule has 3 rings (SSSR count). The van der Waals surface area contributed by atoms with Gasteiger partial charge in [-0.2, -0.15) is 5.10 Å². The van der Waals surface area contributed by atoms with E-state index in [1.807, 2.05) is 16.8 Å². The molecule has 6 heteroatoms. The number of hydrogen-bond acceptors (Lipinski definition) is 4. The van der Waals surface area contributed by atoms with Crippen LogP contribution in [0.15, 0.2) is 24.7 Å². The summed E-state index contributed by atoms with van der Waals surface area (Å²) in [6.07, 6.45) is 8.55. The van der Waals surface area contributed by atoms with E-state index in [0.29, 0.717) is 5.92 Å². The Labute approximate surface area is 117 Å². The Hall–Kier alpha value is -2.11. The highest BCUT2D eigenvalue weighted by Crippen LogP contribution is 2.27. The maximum absolute atomic E-state index is 10.7. The smallest absolute Gasteiger partial charge is 0.303 e. The first-order valence-electron chi connectivity index (χ1n) is 6.99. The second-order valence-electron chi connectivity index (χ2n) is 5.30. The van der Waals surface area contributed by atoms with Crippen LogP contribution in [0.2, 0.25) is 0 Å². The van der Waals surface area contributed by atoms with Crippen molar-refractivity contribution in [1.29, 1.82) is 0 Å². The fraction of sp³-hybridized carbons (Fsp3) is 0.500. The second-order valence-corrected chi connectivity index (χ2v) is 5.30. The number of nitrogens with zero attached hydrogens (tertiary/aromatic N) is 4. The number of aromatic nitrogens is 3. The van der Waals surface area contributed by atoms with Crippen molar-refractivity contribution >= 4 is 17.3 Å². The molecule has 0 aromatic carbocycles. The second kappa shape index (κ2) is 5.48. The first-order chi connectivity index (χ1) is 9.74. The largest absolute Gasteiger partial charge is 0.481 e. The van der Waals surface area contributed by atoms with Crippen LogP contribution < -0.4 is 4.90 Å². The molecule has 1 aliphatic rings. The topological polar surface area (TPSA) is 70.7 Å². The van der Waals surface area contributed by atoms with Gasteiger partial charge in [0.25, 0.3) is 0 Å². The molecule has 0 radical (unpaired) electrons. The normalized spacial score (nSPS) is 19.4. The molecule has 1 atom stereocenters. The van der Waals surface area contributed by atoms with Crippen LogP contribution in [-0.2, 0) is 4.79 Å². The molecule has 0 spiro atoms. The number of rotatable bonds is 4. The van der Waals surface area contributed by atoms with Crippen molar-refractivity contribution in [1.82, 2.24) is 14.6 Å². The average Bonchev–Trinajstić information content (AvgIpc) is 2.93. The third-order valence-corrected chi connectivity index (χ3v) is 3.89. The van der Waals surface area contributed by atoms with Gasteiger partial charge in [0.2, 0.25) is 0 Å². The molecule has 0 bridgehead atoms. The Morgan fingerprint density at radius 1 is 1.45 bits per heavy atom. The lowest BCUT2D eigenvalue weighted by Gasteiger charge is -2.33. The number of hydrogen-bond donors (Lipinski definition) is 1. The molecule has 6 nitrogen and oxygen atoms in total. The average molecular weight is 274 g/mol. The molecule has 1 fully saturated rings. The van der Waals surface area contributed by atoms with Crippen LogP contribution >= 0.6 is 0 Å². The van der Waals surface area contributed by atoms with Crippen LogP contribution in [0.4, 0.5) is 5.82 Å². The van der Waals surface area contributed by atoms with Crippen molar-refractivity contribution in [2.24, 2.45) is 5.92 Å². The highest BCUT2D eigenvalue weighted by Gasteiger charge is 2.22. The van der Waals surface area contributed by atoms with Crippen molar-refractivity contribution in [3.8, 4) is 0 Å². The van der Waals surface area contributed by atoms with Crippen LogP contribution in [-0.4, -0.2) is 38.8 Å². The summed E-state index contributed by atoms with van der Waals surface area (Å²) >= 11 is 0. The molecule has 2 aromatic heterocycles. The molecule has 20 heavy (non-hydrogen) atoms. The summed E-state index contributed by atoms with van der Waals surface area (Å²) in [6, 6.07) is 1.96. The van der Waals surface area contributed by atoms with E-state index in [0.717, 1.165) is 43.7 Å². The van der Waals surface area contributed by atoms with Gasteiger partial charge >= 0.3 is 5.97 Å². The van der Waals surface area contributed by atoms with Gasteiger partial charge in [0, 0.05) is 31.9 Å². The molecule has 0 saturated carbocycles. The van der Waals surface area contributed by atoms with Gasteiger partial charge in [-0.05, 0) is 31.2 Å². The molecule has 0 aliphatic carbocycles. The highest BCUT2D eigenvalue weighted by molar-refractivity contribution is 5.68. The Morgan fingerprint density at radius 2 is 2.35 bits per heavy atom. The summed E-state index contributed by atoms with van der Waals surface area (Å²) in [6.45, 7) is 1.85. The number of carbonyl (C=O) groups is 1. The zero-order chi connectivity index (χ0) is 13.9. The third kappa shape index (κ3) is 2.59. The van der Waals surface area contributed by atoms with Crippen molar-refractivity contribution in [3.05, 3.63) is 24.7 Å². The maximum Gasteiger partial charge on any atom is 0.303 e. The summed E-state index contributed by atoms with van der Waals surface area (Å²) in [7, 11) is 0. The summed E-state index contributed by atoms with van der Waals surface area (Å²) in [5.74, 6) is 0.674. The first kappa shape index (κ1) is 12.9. The molecule has 1 aliphatic heterocycles. The number of carboxylic acids is 1. The Kier molecular flexibility index (Phi) is 3.54. The lowest BCUT2D eigenvalue weighted by Crippen LogP contribution is -2.36. The van der Waals surface area contributed by atoms with E-state index in [9.17, 15) is 4.79 Å². The predicted molar refractivity (Wildman–Crippen MR) is 74.8 cm³/mol. The van der Waals surface area contributed by atoms with Crippen molar-refractivity contribution < 1.29 is 9.90 Å². The number of fused-ring (bicyclic) bond motifs is 1. The molecule has 3 heterocycles. The van der Waals surface area contributed by atoms with Gasteiger partial charge in [-0.15, -0.1) is 0 Å². The van der Waals surface area contributed by atoms with Gasteiger partial charge < -0.3 is 10.0 Å². The zero-order valence-corrected chi connectivity index (χ0v) is 11.3. The van der Waals surface area contributed by atoms with E-state index in [1.54, 1.807) is 12.4 Å². The summed E-state index contributed by atoms with van der Waals surface area (Å²) in [4.78, 5) is 17.4. The predicted octanol–water partition coefficient (Wildman–Crippen LogP) is 1.81. The van der Waals surface area contributed by atoms with E-state index >= 15 is 0 Å². The van der Waals surface area contributed by atoms with Gasteiger partial charge in [-0.1, -0.05) is 0 Å². The lowest BCUT2D eigenvalue weighted by atomic mass is 9.93. The van der Waals surface area contributed by atoms with Crippen LogP contribution in [0, 0.1) is 5.92 Å². The van der Waals surface area contributed by atoms with Crippen molar-refractivity contribution in [2.45, 2.75) is 25.7 Å². The fourth-order valence-corrected chi connectivity index (χ4v) is 2.91. The summed E-state index contributed by atoms with van der Waals surface area (Å²) < 4.78 is 1.82. The van der Waals surface area contributed by atoms with E-state index in [2.05, 4.69) is 15.0 Å². The zero-order valence-electron chi connectivity index (χ0n) is 11.3. The van der Waals surface area contributed by atoms with Gasteiger partial charge in [0.15, 0.2) is 5.82 Å². The minimum absolute atomic E-state index is 0.253. The Balaban J connectivity index is 1.76. The number of piperidine rings is 1. The minimum Gasteiger partial charge on any atom is -0.481 e. The van der Waals surface area contributed by atoms with E-state index in [-0.39, 0.29) is 6.42 Å². The van der Waals surface area contributed by atoms with Gasteiger partial charge in [0.1, 0.15) is 5.52 Å². The lowest BCUT2D eigenvalue weighted by molar-refractivity contribution is -0.137. The summed E-state index contributed by atoms with van der Waals surface area (Å²) in [5, 5.41) is 13.0. The van der Waals surface area contributed by atoms with Crippen LogP contribution in [0.3, 0.4) is 0 Å². The SMILES string of the molecule is O=C(O)CCC1CCCN(c2nccn3nccc23)C1. The van der Waals surface area contributed by atoms with Crippen LogP contribution in [0.1, 0.15) is 25.7 Å². The van der Waals surface area contributed by atoms with Gasteiger partial charge in [0.05, 0.1) is 6.20 Å². The Morgan fingerprint density at radius 3 is 3.20 bits per heavy atom. The fourth-order valence-electron chi connectivity index (χ4n) is 2.91. The van der Waals surface area contributed by atoms with E-state index in [4.69, 9.17) is 5.11 Å². The highest BCUT2D eigenvalue weighted by atomic mass is 16.4. The molecular weight excluding hydrogens is 256 g/mol. The molecule has 0 amide bonds. The summed E-state index contributed by atoms with van der Waals surface area (Å²) in [5.41, 5.74) is 1.01. The van der Waals surface area contributed by atoms with Gasteiger partial charge in [-0.3, -0.25) is 4.79 Å². The molecule has 1 saturated heterocycles. The van der Waals surface area contributed by atoms with Crippen molar-refractivity contribution in [3.63, 3.8) is 0 Å². The Bertz CT molecular complexity index is 610. The molecule has 106 valence electrons. The third-order valence-electron chi connectivity index (χ3n) is 3.89. The van der Waals surface area contributed by atoms with Crippen LogP contribution in [0.5, 0.6) is 0 Å². The van der Waals surface area contributed by atoms with Gasteiger partial charge in [-0.25, -0.2) is 9.50 Å². The number of anilines is 1. The van der Waals surface area contributed by atoms with Crippen molar-refractivity contribution in [2.75, 3.05) is 18.0 Å².